The summed E-state index contributed by atoms with van der Waals surface area (Å²) in [5.74, 6) is -0.958. The van der Waals surface area contributed by atoms with E-state index in [0.29, 0.717) is 5.56 Å². The Bertz CT molecular complexity index is 363. The van der Waals surface area contributed by atoms with Gasteiger partial charge >= 0.3 is 5.97 Å². The topological polar surface area (TPSA) is 83.5 Å². The number of carboxylic acid groups (broad SMARTS) is 1. The fourth-order valence-corrected chi connectivity index (χ4v) is 1.35. The largest absolute Gasteiger partial charge is 0.508 e. The normalized spacial score (nSPS) is 12.4. The molecule has 0 aromatic heterocycles. The third kappa shape index (κ3) is 2.95. The standard InChI is InChI=1S/C11H15NO3/c1-2-7-3-4-10(13)8(5-7)6-9(12)11(14)15/h3-5,9,13H,2,6,12H2,1H3,(H,14,15). The van der Waals surface area contributed by atoms with Crippen LogP contribution in [-0.4, -0.2) is 22.2 Å². The van der Waals surface area contributed by atoms with E-state index in [1.807, 2.05) is 13.0 Å². The Labute approximate surface area is 88.3 Å². The second-order valence-corrected chi connectivity index (χ2v) is 3.47. The monoisotopic (exact) mass is 209 g/mol. The minimum Gasteiger partial charge on any atom is -0.508 e. The van der Waals surface area contributed by atoms with Gasteiger partial charge in [-0.25, -0.2) is 0 Å². The number of phenolic OH excluding ortho intramolecular Hbond substituents is 1. The molecule has 0 aliphatic rings. The first-order valence-electron chi connectivity index (χ1n) is 4.83. The summed E-state index contributed by atoms with van der Waals surface area (Å²) < 4.78 is 0. The molecule has 0 heterocycles. The van der Waals surface area contributed by atoms with Gasteiger partial charge in [0.2, 0.25) is 0 Å². The van der Waals surface area contributed by atoms with Crippen molar-refractivity contribution in [2.45, 2.75) is 25.8 Å². The summed E-state index contributed by atoms with van der Waals surface area (Å²) in [5.41, 5.74) is 7.04. The van der Waals surface area contributed by atoms with Crippen LogP contribution in [0, 0.1) is 0 Å². The number of benzene rings is 1. The van der Waals surface area contributed by atoms with Crippen LogP contribution < -0.4 is 5.73 Å². The van der Waals surface area contributed by atoms with Gasteiger partial charge < -0.3 is 15.9 Å². The molecule has 0 amide bonds. The number of hydrogen-bond donors (Lipinski definition) is 3. The van der Waals surface area contributed by atoms with Gasteiger partial charge in [0, 0.05) is 6.42 Å². The van der Waals surface area contributed by atoms with Crippen LogP contribution >= 0.6 is 0 Å². The van der Waals surface area contributed by atoms with E-state index in [4.69, 9.17) is 10.8 Å². The molecule has 0 saturated carbocycles. The van der Waals surface area contributed by atoms with Crippen molar-refractivity contribution in [3.05, 3.63) is 29.3 Å². The maximum atomic E-state index is 10.6. The molecule has 1 rings (SSSR count). The summed E-state index contributed by atoms with van der Waals surface area (Å²) in [5, 5.41) is 18.2. The lowest BCUT2D eigenvalue weighted by atomic mass is 10.0. The third-order valence-electron chi connectivity index (χ3n) is 2.31. The van der Waals surface area contributed by atoms with Gasteiger partial charge in [-0.3, -0.25) is 4.79 Å². The molecule has 1 unspecified atom stereocenters. The van der Waals surface area contributed by atoms with E-state index in [1.54, 1.807) is 12.1 Å². The number of rotatable bonds is 4. The number of hydrogen-bond acceptors (Lipinski definition) is 3. The van der Waals surface area contributed by atoms with Gasteiger partial charge in [0.05, 0.1) is 0 Å². The molecular formula is C11H15NO3. The van der Waals surface area contributed by atoms with E-state index >= 15 is 0 Å². The highest BCUT2D eigenvalue weighted by Crippen LogP contribution is 2.20. The van der Waals surface area contributed by atoms with Gasteiger partial charge in [-0.05, 0) is 23.6 Å². The molecule has 0 fully saturated rings. The van der Waals surface area contributed by atoms with Crippen molar-refractivity contribution in [2.24, 2.45) is 5.73 Å². The molecule has 0 bridgehead atoms. The Morgan fingerprint density at radius 3 is 2.73 bits per heavy atom. The zero-order chi connectivity index (χ0) is 11.4. The molecule has 1 aromatic rings. The lowest BCUT2D eigenvalue weighted by Crippen LogP contribution is -2.32. The zero-order valence-corrected chi connectivity index (χ0v) is 8.60. The van der Waals surface area contributed by atoms with E-state index in [9.17, 15) is 9.90 Å². The first-order chi connectivity index (χ1) is 7.04. The van der Waals surface area contributed by atoms with Crippen LogP contribution in [0.1, 0.15) is 18.1 Å². The van der Waals surface area contributed by atoms with Gasteiger partial charge in [-0.15, -0.1) is 0 Å². The minimum absolute atomic E-state index is 0.101. The molecule has 4 N–H and O–H groups in total. The molecule has 82 valence electrons. The molecule has 0 aliphatic carbocycles. The van der Waals surface area contributed by atoms with Crippen molar-refractivity contribution in [2.75, 3.05) is 0 Å². The van der Waals surface area contributed by atoms with Crippen LogP contribution in [0.2, 0.25) is 0 Å². The van der Waals surface area contributed by atoms with E-state index in [0.717, 1.165) is 12.0 Å². The quantitative estimate of drug-likeness (QED) is 0.688. The van der Waals surface area contributed by atoms with Crippen molar-refractivity contribution in [3.8, 4) is 5.75 Å². The van der Waals surface area contributed by atoms with Gasteiger partial charge in [0.15, 0.2) is 0 Å². The van der Waals surface area contributed by atoms with Gasteiger partial charge in [-0.1, -0.05) is 19.1 Å². The SMILES string of the molecule is CCc1ccc(O)c(CC(N)C(=O)O)c1. The summed E-state index contributed by atoms with van der Waals surface area (Å²) >= 11 is 0. The smallest absolute Gasteiger partial charge is 0.320 e. The highest BCUT2D eigenvalue weighted by Gasteiger charge is 2.14. The second kappa shape index (κ2) is 4.79. The molecule has 0 radical (unpaired) electrons. The molecule has 4 nitrogen and oxygen atoms in total. The van der Waals surface area contributed by atoms with Crippen LogP contribution in [0.3, 0.4) is 0 Å². The maximum absolute atomic E-state index is 10.6. The molecule has 0 saturated heterocycles. The number of aromatic hydroxyl groups is 1. The van der Waals surface area contributed by atoms with Crippen LogP contribution in [0.4, 0.5) is 0 Å². The van der Waals surface area contributed by atoms with Gasteiger partial charge in [-0.2, -0.15) is 0 Å². The van der Waals surface area contributed by atoms with Crippen molar-refractivity contribution in [1.82, 2.24) is 0 Å². The van der Waals surface area contributed by atoms with E-state index < -0.39 is 12.0 Å². The lowest BCUT2D eigenvalue weighted by molar-refractivity contribution is -0.138. The predicted octanol–water partition coefficient (Wildman–Crippen LogP) is 0.909. The molecule has 1 atom stereocenters. The van der Waals surface area contributed by atoms with Crippen molar-refractivity contribution >= 4 is 5.97 Å². The zero-order valence-electron chi connectivity index (χ0n) is 8.60. The fourth-order valence-electron chi connectivity index (χ4n) is 1.35. The third-order valence-corrected chi connectivity index (χ3v) is 2.31. The first-order valence-corrected chi connectivity index (χ1v) is 4.83. The molecule has 0 spiro atoms. The lowest BCUT2D eigenvalue weighted by Gasteiger charge is -2.09. The number of aliphatic carboxylic acids is 1. The molecule has 0 aliphatic heterocycles. The predicted molar refractivity (Wildman–Crippen MR) is 56.8 cm³/mol. The fraction of sp³-hybridized carbons (Fsp3) is 0.364. The van der Waals surface area contributed by atoms with Crippen molar-refractivity contribution in [1.29, 1.82) is 0 Å². The van der Waals surface area contributed by atoms with E-state index in [1.165, 1.54) is 0 Å². The Morgan fingerprint density at radius 1 is 1.53 bits per heavy atom. The summed E-state index contributed by atoms with van der Waals surface area (Å²) in [6.07, 6.45) is 0.991. The van der Waals surface area contributed by atoms with Gasteiger partial charge in [0.1, 0.15) is 11.8 Å². The molecular weight excluding hydrogens is 194 g/mol. The summed E-state index contributed by atoms with van der Waals surface area (Å²) in [6, 6.07) is 4.20. The molecule has 1 aromatic carbocycles. The average molecular weight is 209 g/mol. The van der Waals surface area contributed by atoms with Crippen LogP contribution in [0.25, 0.3) is 0 Å². The number of carboxylic acids is 1. The number of aryl methyl sites for hydroxylation is 1. The Hall–Kier alpha value is -1.55. The Balaban J connectivity index is 2.88. The second-order valence-electron chi connectivity index (χ2n) is 3.47. The van der Waals surface area contributed by atoms with E-state index in [-0.39, 0.29) is 12.2 Å². The minimum atomic E-state index is -1.06. The van der Waals surface area contributed by atoms with Crippen molar-refractivity contribution in [3.63, 3.8) is 0 Å². The summed E-state index contributed by atoms with van der Waals surface area (Å²) in [6.45, 7) is 1.99. The maximum Gasteiger partial charge on any atom is 0.320 e. The molecule has 4 heteroatoms. The van der Waals surface area contributed by atoms with Gasteiger partial charge in [0.25, 0.3) is 0 Å². The highest BCUT2D eigenvalue weighted by molar-refractivity contribution is 5.73. The molecule has 15 heavy (non-hydrogen) atoms. The Morgan fingerprint density at radius 2 is 2.20 bits per heavy atom. The van der Waals surface area contributed by atoms with Crippen molar-refractivity contribution < 1.29 is 15.0 Å². The van der Waals surface area contributed by atoms with E-state index in [2.05, 4.69) is 0 Å². The highest BCUT2D eigenvalue weighted by atomic mass is 16.4. The van der Waals surface area contributed by atoms with Crippen LogP contribution in [0.15, 0.2) is 18.2 Å². The number of phenols is 1. The van der Waals surface area contributed by atoms with Crippen LogP contribution in [0.5, 0.6) is 5.75 Å². The summed E-state index contributed by atoms with van der Waals surface area (Å²) in [7, 11) is 0. The summed E-state index contributed by atoms with van der Waals surface area (Å²) in [4.78, 5) is 10.6. The number of carbonyl (C=O) groups is 1. The van der Waals surface area contributed by atoms with Crippen LogP contribution in [-0.2, 0) is 17.6 Å². The first kappa shape index (κ1) is 11.5. The Kier molecular flexibility index (Phi) is 3.68. The number of nitrogens with two attached hydrogens (primary N) is 1. The average Bonchev–Trinajstić information content (AvgIpc) is 2.21.